The quantitative estimate of drug-likeness (QED) is 0.285. The van der Waals surface area contributed by atoms with Gasteiger partial charge in [-0.15, -0.1) is 11.3 Å². The van der Waals surface area contributed by atoms with Crippen molar-refractivity contribution >= 4 is 63.8 Å². The molecule has 0 spiro atoms. The van der Waals surface area contributed by atoms with Crippen molar-refractivity contribution in [2.75, 3.05) is 10.6 Å². The predicted molar refractivity (Wildman–Crippen MR) is 131 cm³/mol. The van der Waals surface area contributed by atoms with E-state index in [2.05, 4.69) is 10.6 Å². The number of carbonyl (C=O) groups excluding carboxylic acids is 2. The summed E-state index contributed by atoms with van der Waals surface area (Å²) in [4.78, 5) is 24.9. The zero-order valence-corrected chi connectivity index (χ0v) is 18.8. The molecule has 32 heavy (non-hydrogen) atoms. The van der Waals surface area contributed by atoms with E-state index in [0.29, 0.717) is 37.8 Å². The molecule has 2 heterocycles. The summed E-state index contributed by atoms with van der Waals surface area (Å²) >= 11 is 13.4. The Morgan fingerprint density at radius 3 is 2.22 bits per heavy atom. The summed E-state index contributed by atoms with van der Waals surface area (Å²) in [5, 5.41) is 8.44. The van der Waals surface area contributed by atoms with Crippen molar-refractivity contribution in [1.29, 1.82) is 0 Å². The van der Waals surface area contributed by atoms with Gasteiger partial charge in [0.1, 0.15) is 11.5 Å². The normalized spacial score (nSPS) is 10.9. The van der Waals surface area contributed by atoms with Crippen LogP contribution in [0.1, 0.15) is 15.4 Å². The van der Waals surface area contributed by atoms with Crippen molar-refractivity contribution in [3.05, 3.63) is 98.9 Å². The van der Waals surface area contributed by atoms with Crippen molar-refractivity contribution in [1.82, 2.24) is 0 Å². The first-order valence-corrected chi connectivity index (χ1v) is 11.1. The van der Waals surface area contributed by atoms with E-state index in [1.165, 1.54) is 17.4 Å². The van der Waals surface area contributed by atoms with E-state index in [4.69, 9.17) is 27.6 Å². The Hall–Kier alpha value is -3.32. The lowest BCUT2D eigenvalue weighted by molar-refractivity contribution is -0.111. The molecule has 0 atom stereocenters. The number of halogens is 2. The van der Waals surface area contributed by atoms with Crippen molar-refractivity contribution in [2.24, 2.45) is 0 Å². The number of thiophene rings is 1. The molecule has 5 nitrogen and oxygen atoms in total. The van der Waals surface area contributed by atoms with E-state index >= 15 is 0 Å². The van der Waals surface area contributed by atoms with E-state index in [1.54, 1.807) is 66.7 Å². The van der Waals surface area contributed by atoms with Gasteiger partial charge in [-0.2, -0.15) is 0 Å². The van der Waals surface area contributed by atoms with Crippen LogP contribution in [0.4, 0.5) is 11.4 Å². The highest BCUT2D eigenvalue weighted by Gasteiger charge is 2.08. The maximum Gasteiger partial charge on any atom is 0.265 e. The number of rotatable bonds is 6. The molecule has 0 unspecified atom stereocenters. The van der Waals surface area contributed by atoms with Gasteiger partial charge in [-0.25, -0.2) is 0 Å². The Morgan fingerprint density at radius 1 is 0.875 bits per heavy atom. The molecule has 0 aliphatic carbocycles. The minimum Gasteiger partial charge on any atom is -0.457 e. The highest BCUT2D eigenvalue weighted by Crippen LogP contribution is 2.29. The summed E-state index contributed by atoms with van der Waals surface area (Å²) < 4.78 is 5.74. The van der Waals surface area contributed by atoms with Crippen molar-refractivity contribution in [3.63, 3.8) is 0 Å². The lowest BCUT2D eigenvalue weighted by atomic mass is 10.2. The Bertz CT molecular complexity index is 1260. The molecule has 2 amide bonds. The molecule has 2 aromatic heterocycles. The molecule has 0 radical (unpaired) electrons. The third kappa shape index (κ3) is 5.68. The van der Waals surface area contributed by atoms with Crippen LogP contribution in [-0.4, -0.2) is 11.8 Å². The monoisotopic (exact) mass is 482 g/mol. The topological polar surface area (TPSA) is 71.3 Å². The highest BCUT2D eigenvalue weighted by molar-refractivity contribution is 7.12. The van der Waals surface area contributed by atoms with Gasteiger partial charge in [0.15, 0.2) is 0 Å². The molecular formula is C24H16Cl2N2O3S. The number of hydrogen-bond acceptors (Lipinski definition) is 4. The zero-order valence-electron chi connectivity index (χ0n) is 16.5. The summed E-state index contributed by atoms with van der Waals surface area (Å²) in [5.74, 6) is 0.620. The van der Waals surface area contributed by atoms with Gasteiger partial charge in [0.25, 0.3) is 5.91 Å². The lowest BCUT2D eigenvalue weighted by Gasteiger charge is -2.06. The van der Waals surface area contributed by atoms with Gasteiger partial charge in [0.2, 0.25) is 5.91 Å². The molecule has 160 valence electrons. The smallest absolute Gasteiger partial charge is 0.265 e. The van der Waals surface area contributed by atoms with Gasteiger partial charge >= 0.3 is 0 Å². The van der Waals surface area contributed by atoms with Crippen LogP contribution in [0.15, 0.2) is 82.6 Å². The second kappa shape index (κ2) is 9.87. The lowest BCUT2D eigenvalue weighted by Crippen LogP contribution is -2.10. The average molecular weight is 483 g/mol. The highest BCUT2D eigenvalue weighted by atomic mass is 35.5. The zero-order chi connectivity index (χ0) is 22.5. The fourth-order valence-electron chi connectivity index (χ4n) is 2.87. The molecule has 2 aromatic carbocycles. The van der Waals surface area contributed by atoms with Crippen LogP contribution in [-0.2, 0) is 4.79 Å². The summed E-state index contributed by atoms with van der Waals surface area (Å²) in [5.41, 5.74) is 1.99. The number of furan rings is 1. The van der Waals surface area contributed by atoms with Gasteiger partial charge < -0.3 is 15.1 Å². The maximum absolute atomic E-state index is 12.2. The van der Waals surface area contributed by atoms with Gasteiger partial charge in [-0.3, -0.25) is 9.59 Å². The van der Waals surface area contributed by atoms with E-state index in [1.807, 2.05) is 11.4 Å². The summed E-state index contributed by atoms with van der Waals surface area (Å²) in [6.07, 6.45) is 2.95. The van der Waals surface area contributed by atoms with Crippen molar-refractivity contribution in [2.45, 2.75) is 0 Å². The number of carbonyl (C=O) groups is 2. The van der Waals surface area contributed by atoms with E-state index in [9.17, 15) is 9.59 Å². The van der Waals surface area contributed by atoms with Crippen LogP contribution in [0.2, 0.25) is 10.0 Å². The van der Waals surface area contributed by atoms with Crippen LogP contribution in [0.25, 0.3) is 17.4 Å². The molecule has 0 saturated carbocycles. The molecule has 4 aromatic rings. The van der Waals surface area contributed by atoms with E-state index in [0.717, 1.165) is 5.56 Å². The predicted octanol–water partition coefficient (Wildman–Crippen LogP) is 7.22. The Kier molecular flexibility index (Phi) is 6.75. The first-order valence-electron chi connectivity index (χ1n) is 9.46. The van der Waals surface area contributed by atoms with Crippen LogP contribution >= 0.6 is 34.5 Å². The second-order valence-corrected chi connectivity index (χ2v) is 8.51. The van der Waals surface area contributed by atoms with Gasteiger partial charge in [0, 0.05) is 33.1 Å². The standard InChI is InChI=1S/C24H16Cl2N2O3S/c25-16-12-15(13-17(26)14-16)21-9-7-20(31-21)8-10-23(29)27-18-3-5-19(6-4-18)28-24(30)22-2-1-11-32-22/h1-14H,(H,27,29)(H,28,30)/b10-8+. The largest absolute Gasteiger partial charge is 0.457 e. The molecule has 8 heteroatoms. The summed E-state index contributed by atoms with van der Waals surface area (Å²) in [6, 6.07) is 19.1. The molecule has 0 aliphatic rings. The molecular weight excluding hydrogens is 467 g/mol. The second-order valence-electron chi connectivity index (χ2n) is 6.69. The van der Waals surface area contributed by atoms with Crippen LogP contribution < -0.4 is 10.6 Å². The first kappa shape index (κ1) is 21.9. The third-order valence-electron chi connectivity index (χ3n) is 4.33. The molecule has 0 bridgehead atoms. The summed E-state index contributed by atoms with van der Waals surface area (Å²) in [7, 11) is 0. The maximum atomic E-state index is 12.2. The fraction of sp³-hybridized carbons (Fsp3) is 0. The van der Waals surface area contributed by atoms with E-state index < -0.39 is 0 Å². The van der Waals surface area contributed by atoms with E-state index in [-0.39, 0.29) is 11.8 Å². The van der Waals surface area contributed by atoms with Crippen molar-refractivity contribution < 1.29 is 14.0 Å². The fourth-order valence-corrected chi connectivity index (χ4v) is 4.02. The van der Waals surface area contributed by atoms with Crippen molar-refractivity contribution in [3.8, 4) is 11.3 Å². The van der Waals surface area contributed by atoms with Crippen LogP contribution in [0.5, 0.6) is 0 Å². The molecule has 0 saturated heterocycles. The number of hydrogen-bond donors (Lipinski definition) is 2. The molecule has 0 fully saturated rings. The number of anilines is 2. The first-order chi connectivity index (χ1) is 15.5. The number of benzene rings is 2. The third-order valence-corrected chi connectivity index (χ3v) is 5.63. The minimum atomic E-state index is -0.316. The summed E-state index contributed by atoms with van der Waals surface area (Å²) in [6.45, 7) is 0. The Labute approximate surface area is 198 Å². The van der Waals surface area contributed by atoms with Gasteiger partial charge in [-0.05, 0) is 72.1 Å². The van der Waals surface area contributed by atoms with Crippen LogP contribution in [0, 0.1) is 0 Å². The minimum absolute atomic E-state index is 0.169. The Balaban J connectivity index is 1.34. The molecule has 0 aliphatic heterocycles. The van der Waals surface area contributed by atoms with Crippen LogP contribution in [0.3, 0.4) is 0 Å². The Morgan fingerprint density at radius 2 is 1.56 bits per heavy atom. The van der Waals surface area contributed by atoms with Gasteiger partial charge in [-0.1, -0.05) is 29.3 Å². The molecule has 2 N–H and O–H groups in total. The average Bonchev–Trinajstić information content (AvgIpc) is 3.45. The molecule has 4 rings (SSSR count). The number of amides is 2. The number of nitrogens with one attached hydrogen (secondary N) is 2. The SMILES string of the molecule is O=C(/C=C/c1ccc(-c2cc(Cl)cc(Cl)c2)o1)Nc1ccc(NC(=O)c2cccs2)cc1. The van der Waals surface area contributed by atoms with Gasteiger partial charge in [0.05, 0.1) is 4.88 Å².